The van der Waals surface area contributed by atoms with Crippen molar-refractivity contribution in [2.45, 2.75) is 38.6 Å². The number of nitrogens with zero attached hydrogens (tertiary/aromatic N) is 3. The molecule has 2 aliphatic heterocycles. The molecule has 2 aliphatic rings. The Balaban J connectivity index is 1.82. The molecule has 1 unspecified atom stereocenters. The van der Waals surface area contributed by atoms with Crippen molar-refractivity contribution in [1.29, 1.82) is 0 Å². The molecule has 0 radical (unpaired) electrons. The lowest BCUT2D eigenvalue weighted by atomic mass is 9.97. The van der Waals surface area contributed by atoms with E-state index in [1.807, 2.05) is 0 Å². The molecule has 1 atom stereocenters. The van der Waals surface area contributed by atoms with E-state index in [0.717, 1.165) is 13.0 Å². The van der Waals surface area contributed by atoms with E-state index in [1.54, 1.807) is 0 Å². The maximum absolute atomic E-state index is 5.05. The van der Waals surface area contributed by atoms with E-state index in [1.165, 1.54) is 54.1 Å². The Bertz CT molecular complexity index is 688. The average Bonchev–Trinajstić information content (AvgIpc) is 3.11. The Morgan fingerprint density at radius 1 is 1.23 bits per heavy atom. The maximum atomic E-state index is 5.05. The molecule has 22 heavy (non-hydrogen) atoms. The zero-order valence-corrected chi connectivity index (χ0v) is 13.5. The first-order valence-electron chi connectivity index (χ1n) is 8.37. The lowest BCUT2D eigenvalue weighted by Crippen LogP contribution is -2.30. The third-order valence-electron chi connectivity index (χ3n) is 5.11. The molecular formula is C18H24N4. The fraction of sp³-hybridized carbons (Fsp3) is 0.500. The van der Waals surface area contributed by atoms with Crippen molar-refractivity contribution < 1.29 is 0 Å². The van der Waals surface area contributed by atoms with Crippen molar-refractivity contribution >= 4 is 5.82 Å². The highest BCUT2D eigenvalue weighted by Gasteiger charge is 2.31. The van der Waals surface area contributed by atoms with Crippen LogP contribution in [0.4, 0.5) is 5.82 Å². The minimum Gasteiger partial charge on any atom is -0.369 e. The number of hydrogen-bond acceptors (Lipinski definition) is 3. The molecule has 116 valence electrons. The van der Waals surface area contributed by atoms with Gasteiger partial charge in [0.1, 0.15) is 5.82 Å². The monoisotopic (exact) mass is 296 g/mol. The number of likely N-dealkylation sites (tertiary alicyclic amines) is 1. The Kier molecular flexibility index (Phi) is 3.41. The second kappa shape index (κ2) is 5.43. The molecule has 1 aromatic carbocycles. The Morgan fingerprint density at radius 2 is 2.09 bits per heavy atom. The van der Waals surface area contributed by atoms with E-state index in [-0.39, 0.29) is 0 Å². The molecule has 1 aromatic heterocycles. The maximum Gasteiger partial charge on any atom is 0.133 e. The number of hydrogen-bond donors (Lipinski definition) is 1. The van der Waals surface area contributed by atoms with Gasteiger partial charge in [0.25, 0.3) is 0 Å². The summed E-state index contributed by atoms with van der Waals surface area (Å²) in [5, 5.41) is 8.60. The van der Waals surface area contributed by atoms with Gasteiger partial charge in [0.15, 0.2) is 0 Å². The number of aromatic nitrogens is 2. The Hall–Kier alpha value is -1.81. The largest absolute Gasteiger partial charge is 0.369 e. The van der Waals surface area contributed by atoms with Crippen LogP contribution in [0.15, 0.2) is 24.3 Å². The molecule has 3 heterocycles. The summed E-state index contributed by atoms with van der Waals surface area (Å²) in [4.78, 5) is 2.48. The van der Waals surface area contributed by atoms with Crippen LogP contribution in [0, 0.1) is 6.92 Å². The van der Waals surface area contributed by atoms with E-state index in [4.69, 9.17) is 5.10 Å². The molecule has 4 rings (SSSR count). The quantitative estimate of drug-likeness (QED) is 0.923. The molecule has 1 N–H and O–H groups in total. The van der Waals surface area contributed by atoms with Gasteiger partial charge in [-0.1, -0.05) is 24.6 Å². The third kappa shape index (κ3) is 2.13. The second-order valence-electron chi connectivity index (χ2n) is 6.58. The van der Waals surface area contributed by atoms with Gasteiger partial charge in [0.2, 0.25) is 0 Å². The lowest BCUT2D eigenvalue weighted by molar-refractivity contribution is 0.182. The van der Waals surface area contributed by atoms with E-state index >= 15 is 0 Å². The van der Waals surface area contributed by atoms with Gasteiger partial charge >= 0.3 is 0 Å². The van der Waals surface area contributed by atoms with Crippen molar-refractivity contribution in [3.8, 4) is 5.69 Å². The van der Waals surface area contributed by atoms with E-state index in [9.17, 15) is 0 Å². The fourth-order valence-corrected chi connectivity index (χ4v) is 3.86. The van der Waals surface area contributed by atoms with Crippen molar-refractivity contribution in [2.75, 3.05) is 25.5 Å². The normalized spacial score (nSPS) is 21.6. The standard InChI is InChI=1S/C18H24N4/c1-13-7-3-4-8-15(13)22-18-14(10-11-19-18)17(20-22)16-9-5-6-12-21(16)2/h3-4,7-8,16,19H,5-6,9-12H2,1-2H3. The van der Waals surface area contributed by atoms with Crippen LogP contribution in [0.5, 0.6) is 0 Å². The van der Waals surface area contributed by atoms with Crippen LogP contribution in [0.25, 0.3) is 5.69 Å². The third-order valence-corrected chi connectivity index (χ3v) is 5.11. The van der Waals surface area contributed by atoms with Gasteiger partial charge in [0.05, 0.1) is 17.4 Å². The fourth-order valence-electron chi connectivity index (χ4n) is 3.86. The summed E-state index contributed by atoms with van der Waals surface area (Å²) in [5.41, 5.74) is 5.19. The molecule has 0 amide bonds. The van der Waals surface area contributed by atoms with Crippen molar-refractivity contribution in [3.63, 3.8) is 0 Å². The molecule has 0 spiro atoms. The van der Waals surface area contributed by atoms with Gasteiger partial charge in [-0.3, -0.25) is 4.90 Å². The molecule has 0 saturated carbocycles. The Labute approximate surface area is 132 Å². The van der Waals surface area contributed by atoms with Gasteiger partial charge in [-0.25, -0.2) is 4.68 Å². The minimum atomic E-state index is 0.479. The highest BCUT2D eigenvalue weighted by molar-refractivity contribution is 5.59. The first kappa shape index (κ1) is 13.8. The van der Waals surface area contributed by atoms with Crippen LogP contribution in [0.1, 0.15) is 42.1 Å². The average molecular weight is 296 g/mol. The second-order valence-corrected chi connectivity index (χ2v) is 6.58. The minimum absolute atomic E-state index is 0.479. The number of benzene rings is 1. The van der Waals surface area contributed by atoms with Gasteiger partial charge < -0.3 is 5.32 Å². The number of nitrogens with one attached hydrogen (secondary N) is 1. The first-order valence-corrected chi connectivity index (χ1v) is 8.37. The van der Waals surface area contributed by atoms with Crippen LogP contribution in [-0.2, 0) is 6.42 Å². The summed E-state index contributed by atoms with van der Waals surface area (Å²) >= 11 is 0. The molecule has 1 saturated heterocycles. The number of anilines is 1. The lowest BCUT2D eigenvalue weighted by Gasteiger charge is -2.31. The zero-order chi connectivity index (χ0) is 15.1. The smallest absolute Gasteiger partial charge is 0.133 e. The van der Waals surface area contributed by atoms with Crippen LogP contribution in [-0.4, -0.2) is 34.8 Å². The summed E-state index contributed by atoms with van der Waals surface area (Å²) in [6, 6.07) is 8.98. The SMILES string of the molecule is Cc1ccccc1-n1nc(C2CCCCN2C)c2c1NCC2. The summed E-state index contributed by atoms with van der Waals surface area (Å²) in [6.45, 7) is 4.37. The van der Waals surface area contributed by atoms with Crippen LogP contribution >= 0.6 is 0 Å². The molecule has 4 nitrogen and oxygen atoms in total. The highest BCUT2D eigenvalue weighted by Crippen LogP contribution is 2.37. The van der Waals surface area contributed by atoms with E-state index < -0.39 is 0 Å². The Morgan fingerprint density at radius 3 is 2.91 bits per heavy atom. The van der Waals surface area contributed by atoms with Crippen molar-refractivity contribution in [2.24, 2.45) is 0 Å². The molecule has 4 heteroatoms. The van der Waals surface area contributed by atoms with Crippen LogP contribution in [0.2, 0.25) is 0 Å². The predicted octanol–water partition coefficient (Wildman–Crippen LogP) is 3.31. The number of para-hydroxylation sites is 1. The zero-order valence-electron chi connectivity index (χ0n) is 13.5. The van der Waals surface area contributed by atoms with E-state index in [2.05, 4.69) is 53.1 Å². The first-order chi connectivity index (χ1) is 10.8. The summed E-state index contributed by atoms with van der Waals surface area (Å²) in [6.07, 6.45) is 4.95. The predicted molar refractivity (Wildman–Crippen MR) is 89.7 cm³/mol. The molecule has 1 fully saturated rings. The van der Waals surface area contributed by atoms with Crippen LogP contribution in [0.3, 0.4) is 0 Å². The van der Waals surface area contributed by atoms with Crippen molar-refractivity contribution in [3.05, 3.63) is 41.1 Å². The topological polar surface area (TPSA) is 33.1 Å². The summed E-state index contributed by atoms with van der Waals surface area (Å²) < 4.78 is 2.13. The molecule has 0 bridgehead atoms. The molecule has 0 aliphatic carbocycles. The summed E-state index contributed by atoms with van der Waals surface area (Å²) in [7, 11) is 2.24. The number of aryl methyl sites for hydroxylation is 1. The molecule has 2 aromatic rings. The number of fused-ring (bicyclic) bond motifs is 1. The van der Waals surface area contributed by atoms with E-state index in [0.29, 0.717) is 6.04 Å². The van der Waals surface area contributed by atoms with Crippen LogP contribution < -0.4 is 5.32 Å². The number of rotatable bonds is 2. The van der Waals surface area contributed by atoms with Gasteiger partial charge in [-0.15, -0.1) is 0 Å². The van der Waals surface area contributed by atoms with Crippen molar-refractivity contribution in [1.82, 2.24) is 14.7 Å². The van der Waals surface area contributed by atoms with Gasteiger partial charge in [-0.05, 0) is 51.4 Å². The number of piperidine rings is 1. The van der Waals surface area contributed by atoms with Gasteiger partial charge in [-0.2, -0.15) is 5.10 Å². The summed E-state index contributed by atoms with van der Waals surface area (Å²) in [5.74, 6) is 1.21. The van der Waals surface area contributed by atoms with Gasteiger partial charge in [0, 0.05) is 12.1 Å². The highest BCUT2D eigenvalue weighted by atomic mass is 15.4. The molecular weight excluding hydrogens is 272 g/mol.